The quantitative estimate of drug-likeness (QED) is 0.609. The first-order valence-corrected chi connectivity index (χ1v) is 10.8. The van der Waals surface area contributed by atoms with Gasteiger partial charge in [-0.3, -0.25) is 9.59 Å². The Morgan fingerprint density at radius 2 is 1.82 bits per heavy atom. The van der Waals surface area contributed by atoms with Gasteiger partial charge >= 0.3 is 0 Å². The second kappa shape index (κ2) is 9.99. The molecule has 0 bridgehead atoms. The lowest BCUT2D eigenvalue weighted by atomic mass is 9.97. The van der Waals surface area contributed by atoms with Crippen LogP contribution in [-0.2, 0) is 24.3 Å². The smallest absolute Gasteiger partial charge is 0.243 e. The van der Waals surface area contributed by atoms with Crippen LogP contribution in [0.5, 0.6) is 0 Å². The highest BCUT2D eigenvalue weighted by Gasteiger charge is 2.32. The first-order valence-electron chi connectivity index (χ1n) is 9.36. The Bertz CT molecular complexity index is 802. The lowest BCUT2D eigenvalue weighted by molar-refractivity contribution is -0.129. The summed E-state index contributed by atoms with van der Waals surface area (Å²) >= 11 is 0. The zero-order valence-corrected chi connectivity index (χ0v) is 17.5. The largest absolute Gasteiger partial charge is 0.383 e. The summed E-state index contributed by atoms with van der Waals surface area (Å²) in [5.41, 5.74) is 1.97. The molecule has 28 heavy (non-hydrogen) atoms. The van der Waals surface area contributed by atoms with Crippen molar-refractivity contribution in [3.63, 3.8) is 0 Å². The van der Waals surface area contributed by atoms with Gasteiger partial charge in [0.05, 0.1) is 18.0 Å². The van der Waals surface area contributed by atoms with E-state index in [1.807, 2.05) is 13.8 Å². The van der Waals surface area contributed by atoms with Crippen LogP contribution >= 0.6 is 0 Å². The summed E-state index contributed by atoms with van der Waals surface area (Å²) < 4.78 is 31.9. The van der Waals surface area contributed by atoms with E-state index in [0.29, 0.717) is 26.0 Å². The van der Waals surface area contributed by atoms with E-state index >= 15 is 0 Å². The number of amides is 2. The van der Waals surface area contributed by atoms with Crippen LogP contribution in [0.4, 0.5) is 0 Å². The predicted molar refractivity (Wildman–Crippen MR) is 105 cm³/mol. The van der Waals surface area contributed by atoms with Crippen molar-refractivity contribution in [2.45, 2.75) is 31.6 Å². The molecule has 156 valence electrons. The average Bonchev–Trinajstić information content (AvgIpc) is 2.68. The normalized spacial score (nSPS) is 16.0. The molecule has 0 spiro atoms. The zero-order chi connectivity index (χ0) is 20.7. The molecule has 0 saturated carbocycles. The molecule has 9 heteroatoms. The number of nitrogens with zero attached hydrogens (tertiary/aromatic N) is 1. The van der Waals surface area contributed by atoms with Crippen molar-refractivity contribution in [3.8, 4) is 0 Å². The van der Waals surface area contributed by atoms with E-state index in [-0.39, 0.29) is 42.3 Å². The maximum absolute atomic E-state index is 12.8. The van der Waals surface area contributed by atoms with Crippen molar-refractivity contribution in [3.05, 3.63) is 29.3 Å². The van der Waals surface area contributed by atoms with Crippen molar-refractivity contribution in [2.75, 3.05) is 39.9 Å². The van der Waals surface area contributed by atoms with Crippen LogP contribution in [0.25, 0.3) is 0 Å². The number of sulfonamides is 1. The summed E-state index contributed by atoms with van der Waals surface area (Å²) in [6, 6.07) is 5.12. The first-order chi connectivity index (χ1) is 13.3. The highest BCUT2D eigenvalue weighted by atomic mass is 32.2. The molecule has 1 fully saturated rings. The van der Waals surface area contributed by atoms with E-state index in [4.69, 9.17) is 4.74 Å². The Kier molecular flexibility index (Phi) is 7.97. The minimum Gasteiger partial charge on any atom is -0.383 e. The molecule has 2 rings (SSSR count). The van der Waals surface area contributed by atoms with Gasteiger partial charge in [-0.25, -0.2) is 8.42 Å². The van der Waals surface area contributed by atoms with Gasteiger partial charge in [0, 0.05) is 32.7 Å². The van der Waals surface area contributed by atoms with E-state index < -0.39 is 10.0 Å². The molecule has 1 aliphatic heterocycles. The molecule has 0 unspecified atom stereocenters. The Morgan fingerprint density at radius 1 is 1.14 bits per heavy atom. The average molecular weight is 412 g/mol. The summed E-state index contributed by atoms with van der Waals surface area (Å²) in [6.07, 6.45) is 0.863. The lowest BCUT2D eigenvalue weighted by Gasteiger charge is -2.30. The maximum Gasteiger partial charge on any atom is 0.243 e. The number of carbonyl (C=O) groups is 2. The summed E-state index contributed by atoms with van der Waals surface area (Å²) in [7, 11) is -2.02. The van der Waals surface area contributed by atoms with Crippen LogP contribution in [-0.4, -0.2) is 64.4 Å². The number of ether oxygens (including phenoxy) is 1. The maximum atomic E-state index is 12.8. The van der Waals surface area contributed by atoms with Crippen molar-refractivity contribution >= 4 is 21.8 Å². The fourth-order valence-corrected chi connectivity index (χ4v) is 4.60. The molecule has 1 saturated heterocycles. The summed E-state index contributed by atoms with van der Waals surface area (Å²) in [5, 5.41) is 5.25. The number of methoxy groups -OCH3 is 1. The molecule has 1 heterocycles. The van der Waals surface area contributed by atoms with E-state index in [1.54, 1.807) is 25.3 Å². The van der Waals surface area contributed by atoms with Gasteiger partial charge in [0.15, 0.2) is 0 Å². The molecule has 1 aromatic rings. The third-order valence-electron chi connectivity index (χ3n) is 4.99. The van der Waals surface area contributed by atoms with Crippen LogP contribution < -0.4 is 10.6 Å². The minimum atomic E-state index is -3.56. The first kappa shape index (κ1) is 22.3. The predicted octanol–water partition coefficient (Wildman–Crippen LogP) is 0.583. The van der Waals surface area contributed by atoms with Gasteiger partial charge in [0.2, 0.25) is 21.8 Å². The van der Waals surface area contributed by atoms with Crippen molar-refractivity contribution in [1.82, 2.24) is 14.9 Å². The molecule has 0 atom stereocenters. The van der Waals surface area contributed by atoms with Crippen LogP contribution in [0, 0.1) is 19.8 Å². The highest BCUT2D eigenvalue weighted by Crippen LogP contribution is 2.25. The number of rotatable bonds is 8. The summed E-state index contributed by atoms with van der Waals surface area (Å²) in [6.45, 7) is 5.10. The Hall–Kier alpha value is -1.97. The van der Waals surface area contributed by atoms with E-state index in [2.05, 4.69) is 10.6 Å². The van der Waals surface area contributed by atoms with Crippen LogP contribution in [0.15, 0.2) is 23.1 Å². The summed E-state index contributed by atoms with van der Waals surface area (Å²) in [4.78, 5) is 24.2. The monoisotopic (exact) mass is 411 g/mol. The van der Waals surface area contributed by atoms with Crippen LogP contribution in [0.2, 0.25) is 0 Å². The van der Waals surface area contributed by atoms with E-state index in [1.165, 1.54) is 4.31 Å². The number of benzene rings is 1. The van der Waals surface area contributed by atoms with Gasteiger partial charge < -0.3 is 15.4 Å². The molecule has 2 amide bonds. The standard InChI is InChI=1S/C19H29N3O5S/c1-14-4-5-17(12-15(14)2)28(25,26)22-9-6-16(7-10-22)19(24)21-13-18(23)20-8-11-27-3/h4-5,12,16H,6-11,13H2,1-3H3,(H,20,23)(H,21,24). The summed E-state index contributed by atoms with van der Waals surface area (Å²) in [5.74, 6) is -0.789. The molecule has 1 aliphatic rings. The van der Waals surface area contributed by atoms with Crippen molar-refractivity contribution < 1.29 is 22.7 Å². The fourth-order valence-electron chi connectivity index (χ4n) is 3.05. The lowest BCUT2D eigenvalue weighted by Crippen LogP contribution is -2.45. The topological polar surface area (TPSA) is 105 Å². The van der Waals surface area contributed by atoms with Gasteiger partial charge in [-0.15, -0.1) is 0 Å². The second-order valence-electron chi connectivity index (χ2n) is 6.98. The van der Waals surface area contributed by atoms with E-state index in [0.717, 1.165) is 11.1 Å². The van der Waals surface area contributed by atoms with Gasteiger partial charge in [0.25, 0.3) is 0 Å². The Morgan fingerprint density at radius 3 is 2.43 bits per heavy atom. The number of hydrogen-bond acceptors (Lipinski definition) is 5. The third-order valence-corrected chi connectivity index (χ3v) is 6.89. The SMILES string of the molecule is COCCNC(=O)CNC(=O)C1CCN(S(=O)(=O)c2ccc(C)c(C)c2)CC1. The minimum absolute atomic E-state index is 0.0935. The molecular formula is C19H29N3O5S. The molecule has 0 aromatic heterocycles. The fraction of sp³-hybridized carbons (Fsp3) is 0.579. The third kappa shape index (κ3) is 5.76. The van der Waals surface area contributed by atoms with Gasteiger partial charge in [-0.05, 0) is 49.9 Å². The molecule has 8 nitrogen and oxygen atoms in total. The van der Waals surface area contributed by atoms with Crippen molar-refractivity contribution in [2.24, 2.45) is 5.92 Å². The molecule has 0 radical (unpaired) electrons. The highest BCUT2D eigenvalue weighted by molar-refractivity contribution is 7.89. The molecule has 1 aromatic carbocycles. The number of aryl methyl sites for hydroxylation is 2. The number of nitrogens with one attached hydrogen (secondary N) is 2. The van der Waals surface area contributed by atoms with Crippen LogP contribution in [0.3, 0.4) is 0 Å². The van der Waals surface area contributed by atoms with E-state index in [9.17, 15) is 18.0 Å². The second-order valence-corrected chi connectivity index (χ2v) is 8.92. The van der Waals surface area contributed by atoms with Gasteiger partial charge in [-0.1, -0.05) is 6.07 Å². The van der Waals surface area contributed by atoms with Gasteiger partial charge in [0.1, 0.15) is 0 Å². The molecule has 0 aliphatic carbocycles. The van der Waals surface area contributed by atoms with Crippen molar-refractivity contribution in [1.29, 1.82) is 0 Å². The van der Waals surface area contributed by atoms with Gasteiger partial charge in [-0.2, -0.15) is 4.31 Å². The molecule has 2 N–H and O–H groups in total. The Labute approximate surface area is 166 Å². The number of piperidine rings is 1. The molecular weight excluding hydrogens is 382 g/mol. The Balaban J connectivity index is 1.85. The number of hydrogen-bond donors (Lipinski definition) is 2. The zero-order valence-electron chi connectivity index (χ0n) is 16.7. The van der Waals surface area contributed by atoms with Crippen LogP contribution in [0.1, 0.15) is 24.0 Å². The number of carbonyl (C=O) groups excluding carboxylic acids is 2.